The van der Waals surface area contributed by atoms with Crippen molar-refractivity contribution in [2.24, 2.45) is 5.92 Å². The molecular formula is C25H33N3O5S. The number of carbonyl (C=O) groups is 2. The van der Waals surface area contributed by atoms with Gasteiger partial charge in [-0.1, -0.05) is 31.5 Å². The Balaban J connectivity index is 1.67. The monoisotopic (exact) mass is 487 g/mol. The zero-order chi connectivity index (χ0) is 24.6. The fraction of sp³-hybridized carbons (Fsp3) is 0.440. The number of anilines is 1. The molecule has 1 fully saturated rings. The molecule has 2 amide bonds. The summed E-state index contributed by atoms with van der Waals surface area (Å²) in [7, 11) is -2.21. The highest BCUT2D eigenvalue weighted by molar-refractivity contribution is 7.92. The molecule has 0 aliphatic carbocycles. The summed E-state index contributed by atoms with van der Waals surface area (Å²) >= 11 is 0. The summed E-state index contributed by atoms with van der Waals surface area (Å²) < 4.78 is 33.2. The van der Waals surface area contributed by atoms with Crippen molar-refractivity contribution in [3.8, 4) is 0 Å². The van der Waals surface area contributed by atoms with Crippen LogP contribution in [0.25, 0.3) is 0 Å². The van der Waals surface area contributed by atoms with Gasteiger partial charge in [-0.15, -0.1) is 0 Å². The molecule has 8 nitrogen and oxygen atoms in total. The van der Waals surface area contributed by atoms with E-state index < -0.39 is 10.0 Å². The number of ether oxygens (including phenoxy) is 1. The van der Waals surface area contributed by atoms with Gasteiger partial charge in [-0.25, -0.2) is 8.42 Å². The van der Waals surface area contributed by atoms with Crippen molar-refractivity contribution in [2.75, 3.05) is 38.1 Å². The number of sulfonamides is 1. The molecule has 184 valence electrons. The molecule has 1 aliphatic heterocycles. The second-order valence-electron chi connectivity index (χ2n) is 8.45. The summed E-state index contributed by atoms with van der Waals surface area (Å²) in [5.41, 5.74) is 1.77. The third-order valence-corrected chi connectivity index (χ3v) is 7.22. The van der Waals surface area contributed by atoms with Crippen LogP contribution in [-0.4, -0.2) is 58.5 Å². The van der Waals surface area contributed by atoms with Crippen molar-refractivity contribution >= 4 is 27.5 Å². The van der Waals surface area contributed by atoms with Crippen LogP contribution in [0.5, 0.6) is 0 Å². The van der Waals surface area contributed by atoms with Crippen molar-refractivity contribution in [2.45, 2.75) is 37.5 Å². The minimum absolute atomic E-state index is 0.0824. The van der Waals surface area contributed by atoms with E-state index in [1.165, 1.54) is 6.07 Å². The standard InChI is InChI=1S/C25H33N3O5S/c1-3-6-19-10-12-23(13-11-19)34(31,32)27-22-9-4-7-20(17-22)25(30)28-15-5-8-21(18-28)24(29)26-14-16-33-2/h4,7,9-13,17,21,27H,3,5-6,8,14-16,18H2,1-2H3,(H,26,29). The van der Waals surface area contributed by atoms with Crippen LogP contribution >= 0.6 is 0 Å². The lowest BCUT2D eigenvalue weighted by atomic mass is 9.96. The fourth-order valence-electron chi connectivity index (χ4n) is 4.03. The Bertz CT molecular complexity index is 1090. The van der Waals surface area contributed by atoms with Crippen LogP contribution in [0, 0.1) is 5.92 Å². The number of aryl methyl sites for hydroxylation is 1. The number of amides is 2. The fourth-order valence-corrected chi connectivity index (χ4v) is 5.08. The number of likely N-dealkylation sites (tertiary alicyclic amines) is 1. The molecule has 0 spiro atoms. The molecule has 1 aliphatic rings. The van der Waals surface area contributed by atoms with Gasteiger partial charge in [0.1, 0.15) is 0 Å². The Hall–Kier alpha value is -2.91. The molecule has 2 aromatic rings. The summed E-state index contributed by atoms with van der Waals surface area (Å²) in [6.07, 6.45) is 3.33. The van der Waals surface area contributed by atoms with Crippen LogP contribution in [0.2, 0.25) is 0 Å². The van der Waals surface area contributed by atoms with Gasteiger partial charge in [0.25, 0.3) is 15.9 Å². The zero-order valence-electron chi connectivity index (χ0n) is 19.7. The van der Waals surface area contributed by atoms with E-state index in [2.05, 4.69) is 17.0 Å². The van der Waals surface area contributed by atoms with Crippen LogP contribution in [0.4, 0.5) is 5.69 Å². The van der Waals surface area contributed by atoms with E-state index in [9.17, 15) is 18.0 Å². The van der Waals surface area contributed by atoms with Gasteiger partial charge in [-0.05, 0) is 55.2 Å². The molecule has 0 radical (unpaired) electrons. The quantitative estimate of drug-likeness (QED) is 0.501. The molecule has 0 bridgehead atoms. The predicted molar refractivity (Wildman–Crippen MR) is 131 cm³/mol. The molecule has 2 N–H and O–H groups in total. The van der Waals surface area contributed by atoms with Crippen molar-refractivity contribution in [3.63, 3.8) is 0 Å². The van der Waals surface area contributed by atoms with Crippen molar-refractivity contribution < 1.29 is 22.7 Å². The average molecular weight is 488 g/mol. The first-order chi connectivity index (χ1) is 16.3. The third-order valence-electron chi connectivity index (χ3n) is 5.82. The maximum absolute atomic E-state index is 13.1. The van der Waals surface area contributed by atoms with Gasteiger partial charge in [0, 0.05) is 38.0 Å². The molecular weight excluding hydrogens is 454 g/mol. The lowest BCUT2D eigenvalue weighted by molar-refractivity contribution is -0.126. The van der Waals surface area contributed by atoms with Gasteiger partial charge in [0.2, 0.25) is 5.91 Å². The molecule has 0 aromatic heterocycles. The number of hydrogen-bond acceptors (Lipinski definition) is 5. The number of nitrogens with one attached hydrogen (secondary N) is 2. The van der Waals surface area contributed by atoms with E-state index >= 15 is 0 Å². The van der Waals surface area contributed by atoms with E-state index in [4.69, 9.17) is 4.74 Å². The number of benzene rings is 2. The van der Waals surface area contributed by atoms with Gasteiger partial charge in [-0.2, -0.15) is 0 Å². The molecule has 0 saturated carbocycles. The minimum atomic E-state index is -3.78. The number of nitrogens with zero attached hydrogens (tertiary/aromatic N) is 1. The van der Waals surface area contributed by atoms with E-state index in [0.29, 0.717) is 37.5 Å². The molecule has 1 atom stereocenters. The minimum Gasteiger partial charge on any atom is -0.383 e. The number of hydrogen-bond donors (Lipinski definition) is 2. The maximum atomic E-state index is 13.1. The number of rotatable bonds is 10. The lowest BCUT2D eigenvalue weighted by Gasteiger charge is -2.32. The van der Waals surface area contributed by atoms with Crippen molar-refractivity contribution in [1.82, 2.24) is 10.2 Å². The Kier molecular flexibility index (Phi) is 9.06. The summed E-state index contributed by atoms with van der Waals surface area (Å²) in [5, 5.41) is 2.83. The first-order valence-corrected chi connectivity index (χ1v) is 13.1. The summed E-state index contributed by atoms with van der Waals surface area (Å²) in [4.78, 5) is 27.3. The van der Waals surface area contributed by atoms with Gasteiger partial charge < -0.3 is 15.0 Å². The first kappa shape index (κ1) is 25.7. The van der Waals surface area contributed by atoms with E-state index in [1.807, 2.05) is 12.1 Å². The van der Waals surface area contributed by atoms with Crippen molar-refractivity contribution in [1.29, 1.82) is 0 Å². The van der Waals surface area contributed by atoms with Gasteiger partial charge in [0.15, 0.2) is 0 Å². The maximum Gasteiger partial charge on any atom is 0.261 e. The smallest absolute Gasteiger partial charge is 0.261 e. The summed E-state index contributed by atoms with van der Waals surface area (Å²) in [5.74, 6) is -0.577. The second kappa shape index (κ2) is 12.0. The highest BCUT2D eigenvalue weighted by Crippen LogP contribution is 2.22. The molecule has 2 aromatic carbocycles. The largest absolute Gasteiger partial charge is 0.383 e. The molecule has 1 unspecified atom stereocenters. The van der Waals surface area contributed by atoms with Crippen LogP contribution in [0.3, 0.4) is 0 Å². The van der Waals surface area contributed by atoms with E-state index in [1.54, 1.807) is 42.3 Å². The molecule has 9 heteroatoms. The third kappa shape index (κ3) is 6.80. The van der Waals surface area contributed by atoms with E-state index in [0.717, 1.165) is 31.2 Å². The van der Waals surface area contributed by atoms with Crippen LogP contribution in [-0.2, 0) is 26.0 Å². The number of piperidine rings is 1. The molecule has 1 heterocycles. The van der Waals surface area contributed by atoms with Gasteiger partial charge in [0.05, 0.1) is 17.4 Å². The normalized spacial score (nSPS) is 16.2. The highest BCUT2D eigenvalue weighted by atomic mass is 32.2. The SMILES string of the molecule is CCCc1ccc(S(=O)(=O)Nc2cccc(C(=O)N3CCCC(C(=O)NCCOC)C3)c2)cc1. The summed E-state index contributed by atoms with van der Waals surface area (Å²) in [6, 6.07) is 13.3. The predicted octanol–water partition coefficient (Wildman–Crippen LogP) is 3.05. The second-order valence-corrected chi connectivity index (χ2v) is 10.1. The zero-order valence-corrected chi connectivity index (χ0v) is 20.6. The first-order valence-electron chi connectivity index (χ1n) is 11.6. The van der Waals surface area contributed by atoms with Gasteiger partial charge in [-0.3, -0.25) is 14.3 Å². The Labute approximate surface area is 201 Å². The Morgan fingerprint density at radius 3 is 2.62 bits per heavy atom. The molecule has 34 heavy (non-hydrogen) atoms. The lowest BCUT2D eigenvalue weighted by Crippen LogP contribution is -2.45. The number of methoxy groups -OCH3 is 1. The van der Waals surface area contributed by atoms with Gasteiger partial charge >= 0.3 is 0 Å². The molecule has 3 rings (SSSR count). The molecule has 1 saturated heterocycles. The summed E-state index contributed by atoms with van der Waals surface area (Å²) in [6.45, 7) is 3.83. The average Bonchev–Trinajstić information content (AvgIpc) is 2.84. The Morgan fingerprint density at radius 2 is 1.91 bits per heavy atom. The number of carbonyl (C=O) groups excluding carboxylic acids is 2. The van der Waals surface area contributed by atoms with Crippen LogP contribution < -0.4 is 10.0 Å². The topological polar surface area (TPSA) is 105 Å². The van der Waals surface area contributed by atoms with E-state index in [-0.39, 0.29) is 22.6 Å². The van der Waals surface area contributed by atoms with Crippen molar-refractivity contribution in [3.05, 3.63) is 59.7 Å². The Morgan fingerprint density at radius 1 is 1.15 bits per heavy atom. The van der Waals surface area contributed by atoms with Crippen LogP contribution in [0.15, 0.2) is 53.4 Å². The highest BCUT2D eigenvalue weighted by Gasteiger charge is 2.29. The van der Waals surface area contributed by atoms with Crippen LogP contribution in [0.1, 0.15) is 42.1 Å².